The molecule has 2 heterocycles. The fourth-order valence-electron chi connectivity index (χ4n) is 2.62. The summed E-state index contributed by atoms with van der Waals surface area (Å²) >= 11 is 6.04. The number of hydrogen-bond acceptors (Lipinski definition) is 3. The predicted octanol–water partition coefficient (Wildman–Crippen LogP) is 5.36. The molecule has 0 amide bonds. The molecule has 0 aliphatic carbocycles. The quantitative estimate of drug-likeness (QED) is 0.514. The minimum atomic E-state index is -4.39. The Morgan fingerprint density at radius 2 is 1.58 bits per heavy atom. The summed E-state index contributed by atoms with van der Waals surface area (Å²) in [6.45, 7) is 0. The highest BCUT2D eigenvalue weighted by molar-refractivity contribution is 6.31. The molecule has 0 bridgehead atoms. The minimum Gasteiger partial charge on any atom is -0.338 e. The Labute approximate surface area is 150 Å². The van der Waals surface area contributed by atoms with Crippen molar-refractivity contribution in [2.45, 2.75) is 6.18 Å². The highest BCUT2D eigenvalue weighted by Crippen LogP contribution is 2.32. The molecule has 26 heavy (non-hydrogen) atoms. The molecule has 2 aromatic carbocycles. The summed E-state index contributed by atoms with van der Waals surface area (Å²) < 4.78 is 38.5. The van der Waals surface area contributed by atoms with Crippen LogP contribution in [-0.4, -0.2) is 19.9 Å². The molecule has 4 aromatic rings. The molecule has 0 radical (unpaired) electrons. The summed E-state index contributed by atoms with van der Waals surface area (Å²) in [4.78, 5) is 15.5. The molecule has 1 N–H and O–H groups in total. The number of rotatable bonds is 2. The van der Waals surface area contributed by atoms with E-state index in [1.807, 2.05) is 0 Å². The lowest BCUT2D eigenvalue weighted by molar-refractivity contribution is -0.137. The Morgan fingerprint density at radius 1 is 0.885 bits per heavy atom. The first-order chi connectivity index (χ1) is 12.4. The van der Waals surface area contributed by atoms with Gasteiger partial charge in [-0.1, -0.05) is 35.9 Å². The van der Waals surface area contributed by atoms with Crippen LogP contribution in [0.25, 0.3) is 33.7 Å². The Balaban J connectivity index is 1.70. The zero-order chi connectivity index (χ0) is 18.3. The zero-order valence-electron chi connectivity index (χ0n) is 13.0. The number of fused-ring (bicyclic) bond motifs is 1. The van der Waals surface area contributed by atoms with E-state index in [9.17, 15) is 13.2 Å². The van der Waals surface area contributed by atoms with Crippen molar-refractivity contribution in [3.8, 4) is 22.6 Å². The third-order valence-corrected chi connectivity index (χ3v) is 4.17. The molecule has 0 aliphatic heterocycles. The molecule has 0 aliphatic rings. The van der Waals surface area contributed by atoms with Crippen LogP contribution in [0.4, 0.5) is 13.2 Å². The summed E-state index contributed by atoms with van der Waals surface area (Å²) in [5.41, 5.74) is 2.15. The van der Waals surface area contributed by atoms with Gasteiger partial charge in [0.1, 0.15) is 11.5 Å². The van der Waals surface area contributed by atoms with E-state index in [0.29, 0.717) is 27.7 Å². The maximum Gasteiger partial charge on any atom is 0.416 e. The SMILES string of the molecule is FC(F)(F)c1ccc2nc(-c3ccc(-c4nccnc4Cl)cc3)[nH]c2c1. The van der Waals surface area contributed by atoms with E-state index in [1.165, 1.54) is 12.3 Å². The number of imidazole rings is 1. The van der Waals surface area contributed by atoms with Crippen molar-refractivity contribution in [1.29, 1.82) is 0 Å². The van der Waals surface area contributed by atoms with E-state index in [-0.39, 0.29) is 0 Å². The lowest BCUT2D eigenvalue weighted by atomic mass is 10.1. The molecule has 2 aromatic heterocycles. The maximum absolute atomic E-state index is 12.8. The van der Waals surface area contributed by atoms with Crippen LogP contribution in [0, 0.1) is 0 Å². The van der Waals surface area contributed by atoms with Crippen LogP contribution in [0.5, 0.6) is 0 Å². The van der Waals surface area contributed by atoms with Crippen molar-refractivity contribution in [1.82, 2.24) is 19.9 Å². The number of alkyl halides is 3. The van der Waals surface area contributed by atoms with Crippen molar-refractivity contribution < 1.29 is 13.2 Å². The molecule has 0 atom stereocenters. The monoisotopic (exact) mass is 374 g/mol. The van der Waals surface area contributed by atoms with E-state index in [0.717, 1.165) is 23.3 Å². The van der Waals surface area contributed by atoms with Gasteiger partial charge in [0.2, 0.25) is 0 Å². The lowest BCUT2D eigenvalue weighted by Gasteiger charge is -2.05. The largest absolute Gasteiger partial charge is 0.416 e. The van der Waals surface area contributed by atoms with Crippen molar-refractivity contribution in [2.24, 2.45) is 0 Å². The van der Waals surface area contributed by atoms with Crippen molar-refractivity contribution in [3.63, 3.8) is 0 Å². The number of aromatic amines is 1. The summed E-state index contributed by atoms with van der Waals surface area (Å²) in [6, 6.07) is 10.6. The number of aromatic nitrogens is 4. The maximum atomic E-state index is 12.8. The lowest BCUT2D eigenvalue weighted by Crippen LogP contribution is -2.04. The van der Waals surface area contributed by atoms with Gasteiger partial charge < -0.3 is 4.98 Å². The van der Waals surface area contributed by atoms with Crippen LogP contribution in [0.15, 0.2) is 54.9 Å². The van der Waals surface area contributed by atoms with Gasteiger partial charge in [-0.05, 0) is 18.2 Å². The summed E-state index contributed by atoms with van der Waals surface area (Å²) in [6.07, 6.45) is -1.34. The first-order valence-electron chi connectivity index (χ1n) is 7.56. The van der Waals surface area contributed by atoms with Gasteiger partial charge in [-0.25, -0.2) is 9.97 Å². The fourth-order valence-corrected chi connectivity index (χ4v) is 2.84. The van der Waals surface area contributed by atoms with Gasteiger partial charge in [0.25, 0.3) is 0 Å². The molecular formula is C18H10ClF3N4. The summed E-state index contributed by atoms with van der Waals surface area (Å²) in [7, 11) is 0. The third-order valence-electron chi connectivity index (χ3n) is 3.89. The van der Waals surface area contributed by atoms with Crippen LogP contribution >= 0.6 is 11.6 Å². The van der Waals surface area contributed by atoms with E-state index in [1.54, 1.807) is 30.5 Å². The van der Waals surface area contributed by atoms with Crippen LogP contribution in [0.3, 0.4) is 0 Å². The second-order valence-electron chi connectivity index (χ2n) is 5.59. The van der Waals surface area contributed by atoms with Gasteiger partial charge in [-0.3, -0.25) is 4.98 Å². The average molecular weight is 375 g/mol. The predicted molar refractivity (Wildman–Crippen MR) is 92.6 cm³/mol. The van der Waals surface area contributed by atoms with Gasteiger partial charge in [0, 0.05) is 23.5 Å². The van der Waals surface area contributed by atoms with Gasteiger partial charge >= 0.3 is 6.18 Å². The molecule has 8 heteroatoms. The molecule has 0 fully saturated rings. The van der Waals surface area contributed by atoms with E-state index < -0.39 is 11.7 Å². The molecule has 0 unspecified atom stereocenters. The summed E-state index contributed by atoms with van der Waals surface area (Å²) in [5, 5.41) is 0.295. The zero-order valence-corrected chi connectivity index (χ0v) is 13.8. The molecule has 0 saturated heterocycles. The second-order valence-corrected chi connectivity index (χ2v) is 5.95. The average Bonchev–Trinajstić information content (AvgIpc) is 3.05. The number of H-pyrrole nitrogens is 1. The van der Waals surface area contributed by atoms with E-state index in [4.69, 9.17) is 11.6 Å². The topological polar surface area (TPSA) is 54.5 Å². The number of hydrogen-bond donors (Lipinski definition) is 1. The van der Waals surface area contributed by atoms with E-state index >= 15 is 0 Å². The highest BCUT2D eigenvalue weighted by Gasteiger charge is 2.30. The smallest absolute Gasteiger partial charge is 0.338 e. The number of nitrogens with zero attached hydrogens (tertiary/aromatic N) is 3. The number of halogens is 4. The van der Waals surface area contributed by atoms with E-state index in [2.05, 4.69) is 19.9 Å². The Hall–Kier alpha value is -2.93. The molecule has 4 rings (SSSR count). The molecule has 4 nitrogen and oxygen atoms in total. The van der Waals surface area contributed by atoms with Crippen molar-refractivity contribution in [2.75, 3.05) is 0 Å². The summed E-state index contributed by atoms with van der Waals surface area (Å²) in [5.74, 6) is 0.483. The first kappa shape index (κ1) is 16.5. The van der Waals surface area contributed by atoms with Crippen molar-refractivity contribution >= 4 is 22.6 Å². The fraction of sp³-hybridized carbons (Fsp3) is 0.0556. The molecule has 0 spiro atoms. The standard InChI is InChI=1S/C18H10ClF3N4/c19-16-15(23-7-8-24-16)10-1-3-11(4-2-10)17-25-13-6-5-12(18(20,21)22)9-14(13)26-17/h1-9H,(H,25,26). The van der Waals surface area contributed by atoms with Crippen molar-refractivity contribution in [3.05, 3.63) is 65.6 Å². The Kier molecular flexibility index (Phi) is 3.88. The minimum absolute atomic E-state index is 0.295. The molecule has 0 saturated carbocycles. The Bertz CT molecular complexity index is 1090. The van der Waals surface area contributed by atoms with Crippen LogP contribution in [0.1, 0.15) is 5.56 Å². The second kappa shape index (κ2) is 6.10. The van der Waals surface area contributed by atoms with Gasteiger partial charge in [-0.15, -0.1) is 0 Å². The van der Waals surface area contributed by atoms with Gasteiger partial charge in [0.15, 0.2) is 5.15 Å². The van der Waals surface area contributed by atoms with Crippen LogP contribution < -0.4 is 0 Å². The normalized spacial score (nSPS) is 11.8. The first-order valence-corrected chi connectivity index (χ1v) is 7.94. The highest BCUT2D eigenvalue weighted by atomic mass is 35.5. The molecular weight excluding hydrogens is 365 g/mol. The number of benzene rings is 2. The third kappa shape index (κ3) is 3.01. The van der Waals surface area contributed by atoms with Gasteiger partial charge in [0.05, 0.1) is 16.6 Å². The molecule has 130 valence electrons. The number of nitrogens with one attached hydrogen (secondary N) is 1. The van der Waals surface area contributed by atoms with Gasteiger partial charge in [-0.2, -0.15) is 13.2 Å². The van der Waals surface area contributed by atoms with Crippen LogP contribution in [0.2, 0.25) is 5.15 Å². The Morgan fingerprint density at radius 3 is 2.27 bits per heavy atom. The van der Waals surface area contributed by atoms with Crippen LogP contribution in [-0.2, 0) is 6.18 Å².